The molecule has 86 valence electrons. The highest BCUT2D eigenvalue weighted by atomic mass is 16.2. The number of hydrogen-bond donors (Lipinski definition) is 3. The van der Waals surface area contributed by atoms with Gasteiger partial charge in [-0.05, 0) is 12.0 Å². The third kappa shape index (κ3) is 2.73. The van der Waals surface area contributed by atoms with Gasteiger partial charge in [-0.3, -0.25) is 0 Å². The van der Waals surface area contributed by atoms with Crippen molar-refractivity contribution < 1.29 is 4.79 Å². The summed E-state index contributed by atoms with van der Waals surface area (Å²) in [6, 6.07) is 10.4. The van der Waals surface area contributed by atoms with E-state index in [4.69, 9.17) is 5.73 Å². The summed E-state index contributed by atoms with van der Waals surface area (Å²) in [6.45, 7) is 0.995. The SMILES string of the molecule is NCCNC(=O)N[C@@H]1C[C@H]1c1ccccc1. The van der Waals surface area contributed by atoms with Crippen LogP contribution in [0.4, 0.5) is 4.79 Å². The lowest BCUT2D eigenvalue weighted by Crippen LogP contribution is -2.39. The molecule has 2 amide bonds. The molecular formula is C12H17N3O. The molecule has 2 rings (SSSR count). The molecule has 0 unspecified atom stereocenters. The molecule has 16 heavy (non-hydrogen) atoms. The van der Waals surface area contributed by atoms with E-state index in [-0.39, 0.29) is 12.1 Å². The molecular weight excluding hydrogens is 202 g/mol. The van der Waals surface area contributed by atoms with Crippen LogP contribution in [0, 0.1) is 0 Å². The Kier molecular flexibility index (Phi) is 3.41. The molecule has 4 heteroatoms. The third-order valence-corrected chi connectivity index (χ3v) is 2.76. The van der Waals surface area contributed by atoms with Crippen LogP contribution in [0.5, 0.6) is 0 Å². The molecule has 1 aliphatic carbocycles. The Morgan fingerprint density at radius 3 is 2.81 bits per heavy atom. The Balaban J connectivity index is 1.77. The van der Waals surface area contributed by atoms with Gasteiger partial charge in [0.1, 0.15) is 0 Å². The molecule has 1 aromatic rings. The standard InChI is InChI=1S/C12H17N3O/c13-6-7-14-12(16)15-11-8-10(11)9-4-2-1-3-5-9/h1-5,10-11H,6-8,13H2,(H2,14,15,16)/t10-,11+/m0/s1. The van der Waals surface area contributed by atoms with E-state index in [1.807, 2.05) is 18.2 Å². The molecule has 1 fully saturated rings. The minimum absolute atomic E-state index is 0.117. The average Bonchev–Trinajstić information content (AvgIpc) is 3.07. The fourth-order valence-electron chi connectivity index (χ4n) is 1.83. The van der Waals surface area contributed by atoms with Crippen molar-refractivity contribution in [2.75, 3.05) is 13.1 Å². The minimum atomic E-state index is -0.117. The number of carbonyl (C=O) groups is 1. The van der Waals surface area contributed by atoms with Crippen molar-refractivity contribution in [3.63, 3.8) is 0 Å². The molecule has 0 spiro atoms. The highest BCUT2D eigenvalue weighted by molar-refractivity contribution is 5.74. The minimum Gasteiger partial charge on any atom is -0.337 e. The summed E-state index contributed by atoms with van der Waals surface area (Å²) in [5.74, 6) is 0.477. The van der Waals surface area contributed by atoms with Gasteiger partial charge < -0.3 is 16.4 Å². The van der Waals surface area contributed by atoms with Gasteiger partial charge in [0.05, 0.1) is 0 Å². The van der Waals surface area contributed by atoms with Crippen molar-refractivity contribution in [2.24, 2.45) is 5.73 Å². The maximum atomic E-state index is 11.4. The van der Waals surface area contributed by atoms with Crippen molar-refractivity contribution in [2.45, 2.75) is 18.4 Å². The highest BCUT2D eigenvalue weighted by Crippen LogP contribution is 2.40. The average molecular weight is 219 g/mol. The van der Waals surface area contributed by atoms with E-state index in [1.165, 1.54) is 5.56 Å². The van der Waals surface area contributed by atoms with E-state index < -0.39 is 0 Å². The number of nitrogens with two attached hydrogens (primary N) is 1. The summed E-state index contributed by atoms with van der Waals surface area (Å²) in [4.78, 5) is 11.4. The summed E-state index contributed by atoms with van der Waals surface area (Å²) in [5, 5.41) is 5.63. The predicted molar refractivity (Wildman–Crippen MR) is 63.2 cm³/mol. The van der Waals surface area contributed by atoms with Crippen LogP contribution >= 0.6 is 0 Å². The van der Waals surface area contributed by atoms with Crippen molar-refractivity contribution in [1.82, 2.24) is 10.6 Å². The second-order valence-corrected chi connectivity index (χ2v) is 4.05. The molecule has 0 aromatic heterocycles. The van der Waals surface area contributed by atoms with Gasteiger partial charge in [-0.1, -0.05) is 30.3 Å². The zero-order valence-electron chi connectivity index (χ0n) is 9.15. The zero-order chi connectivity index (χ0) is 11.4. The van der Waals surface area contributed by atoms with Crippen molar-refractivity contribution in [3.8, 4) is 0 Å². The molecule has 2 atom stereocenters. The topological polar surface area (TPSA) is 67.1 Å². The quantitative estimate of drug-likeness (QED) is 0.701. The number of hydrogen-bond acceptors (Lipinski definition) is 2. The van der Waals surface area contributed by atoms with E-state index in [0.29, 0.717) is 19.0 Å². The number of rotatable bonds is 4. The van der Waals surface area contributed by atoms with Gasteiger partial charge in [0.2, 0.25) is 0 Å². The van der Waals surface area contributed by atoms with Gasteiger partial charge in [-0.15, -0.1) is 0 Å². The van der Waals surface area contributed by atoms with E-state index in [1.54, 1.807) is 0 Å². The highest BCUT2D eigenvalue weighted by Gasteiger charge is 2.39. The van der Waals surface area contributed by atoms with Crippen LogP contribution in [-0.2, 0) is 0 Å². The van der Waals surface area contributed by atoms with E-state index in [9.17, 15) is 4.79 Å². The van der Waals surface area contributed by atoms with Crippen molar-refractivity contribution >= 4 is 6.03 Å². The number of urea groups is 1. The molecule has 0 bridgehead atoms. The number of benzene rings is 1. The Morgan fingerprint density at radius 2 is 2.12 bits per heavy atom. The Bertz CT molecular complexity index is 353. The maximum absolute atomic E-state index is 11.4. The van der Waals surface area contributed by atoms with Crippen molar-refractivity contribution in [3.05, 3.63) is 35.9 Å². The second kappa shape index (κ2) is 4.99. The summed E-state index contributed by atoms with van der Waals surface area (Å²) < 4.78 is 0. The first-order chi connectivity index (χ1) is 7.81. The molecule has 4 N–H and O–H groups in total. The van der Waals surface area contributed by atoms with Gasteiger partial charge in [-0.25, -0.2) is 4.79 Å². The van der Waals surface area contributed by atoms with Gasteiger partial charge in [0, 0.05) is 25.0 Å². The van der Waals surface area contributed by atoms with E-state index in [0.717, 1.165) is 6.42 Å². The fourth-order valence-corrected chi connectivity index (χ4v) is 1.83. The van der Waals surface area contributed by atoms with Gasteiger partial charge in [0.25, 0.3) is 0 Å². The Hall–Kier alpha value is -1.55. The van der Waals surface area contributed by atoms with Crippen molar-refractivity contribution in [1.29, 1.82) is 0 Å². The van der Waals surface area contributed by atoms with Crippen LogP contribution in [0.25, 0.3) is 0 Å². The fraction of sp³-hybridized carbons (Fsp3) is 0.417. The van der Waals surface area contributed by atoms with Crippen LogP contribution in [-0.4, -0.2) is 25.2 Å². The second-order valence-electron chi connectivity index (χ2n) is 4.05. The van der Waals surface area contributed by atoms with E-state index in [2.05, 4.69) is 22.8 Å². The normalized spacial score (nSPS) is 22.6. The number of amides is 2. The van der Waals surface area contributed by atoms with Crippen LogP contribution in [0.2, 0.25) is 0 Å². The molecule has 0 radical (unpaired) electrons. The molecule has 1 aliphatic rings. The van der Waals surface area contributed by atoms with Gasteiger partial charge in [0.15, 0.2) is 0 Å². The van der Waals surface area contributed by atoms with Gasteiger partial charge in [-0.2, -0.15) is 0 Å². The molecule has 1 aromatic carbocycles. The summed E-state index contributed by atoms with van der Waals surface area (Å²) in [6.07, 6.45) is 1.03. The molecule has 0 aliphatic heterocycles. The van der Waals surface area contributed by atoms with Crippen LogP contribution in [0.15, 0.2) is 30.3 Å². The first-order valence-electron chi connectivity index (χ1n) is 5.60. The van der Waals surface area contributed by atoms with Crippen LogP contribution < -0.4 is 16.4 Å². The molecule has 4 nitrogen and oxygen atoms in total. The first kappa shape index (κ1) is 11.0. The van der Waals surface area contributed by atoms with Gasteiger partial charge >= 0.3 is 6.03 Å². The summed E-state index contributed by atoms with van der Waals surface area (Å²) in [7, 11) is 0. The molecule has 0 saturated heterocycles. The zero-order valence-corrected chi connectivity index (χ0v) is 9.15. The van der Waals surface area contributed by atoms with E-state index >= 15 is 0 Å². The monoisotopic (exact) mass is 219 g/mol. The lowest BCUT2D eigenvalue weighted by molar-refractivity contribution is 0.240. The predicted octanol–water partition coefficient (Wildman–Crippen LogP) is 0.800. The smallest absolute Gasteiger partial charge is 0.315 e. The largest absolute Gasteiger partial charge is 0.337 e. The summed E-state index contributed by atoms with van der Waals surface area (Å²) >= 11 is 0. The first-order valence-corrected chi connectivity index (χ1v) is 5.60. The number of carbonyl (C=O) groups excluding carboxylic acids is 1. The lowest BCUT2D eigenvalue weighted by Gasteiger charge is -2.06. The molecule has 0 heterocycles. The lowest BCUT2D eigenvalue weighted by atomic mass is 10.1. The Morgan fingerprint density at radius 1 is 1.38 bits per heavy atom. The van der Waals surface area contributed by atoms with Crippen LogP contribution in [0.3, 0.4) is 0 Å². The number of nitrogens with one attached hydrogen (secondary N) is 2. The maximum Gasteiger partial charge on any atom is 0.315 e. The third-order valence-electron chi connectivity index (χ3n) is 2.76. The van der Waals surface area contributed by atoms with Crippen LogP contribution in [0.1, 0.15) is 17.9 Å². The Labute approximate surface area is 95.2 Å². The molecule has 1 saturated carbocycles. The summed E-state index contributed by atoms with van der Waals surface area (Å²) in [5.41, 5.74) is 6.60.